The third-order valence-electron chi connectivity index (χ3n) is 4.69. The van der Waals surface area contributed by atoms with Gasteiger partial charge in [-0.3, -0.25) is 9.80 Å². The number of aromatic nitrogens is 3. The van der Waals surface area contributed by atoms with Crippen LogP contribution in [0.25, 0.3) is 11.5 Å². The molecule has 2 aromatic heterocycles. The SMILES string of the molecule is Cc1nc(CN2CCN(Cc3nc(-c4ccccc4)oc3C)CC2)no1. The Morgan fingerprint density at radius 2 is 1.62 bits per heavy atom. The van der Waals surface area contributed by atoms with E-state index in [4.69, 9.17) is 13.9 Å². The normalized spacial score (nSPS) is 16.2. The smallest absolute Gasteiger partial charge is 0.226 e. The van der Waals surface area contributed by atoms with Crippen molar-refractivity contribution >= 4 is 0 Å². The third kappa shape index (κ3) is 3.84. The Labute approximate surface area is 152 Å². The maximum Gasteiger partial charge on any atom is 0.226 e. The minimum atomic E-state index is 0.620. The van der Waals surface area contributed by atoms with Crippen LogP contribution in [0.1, 0.15) is 23.2 Å². The van der Waals surface area contributed by atoms with Crippen LogP contribution >= 0.6 is 0 Å². The van der Waals surface area contributed by atoms with Gasteiger partial charge in [-0.05, 0) is 19.1 Å². The van der Waals surface area contributed by atoms with Crippen LogP contribution < -0.4 is 0 Å². The van der Waals surface area contributed by atoms with E-state index < -0.39 is 0 Å². The summed E-state index contributed by atoms with van der Waals surface area (Å²) in [5.41, 5.74) is 2.04. The summed E-state index contributed by atoms with van der Waals surface area (Å²) in [6.45, 7) is 9.31. The zero-order valence-corrected chi connectivity index (χ0v) is 15.2. The topological polar surface area (TPSA) is 71.4 Å². The summed E-state index contributed by atoms with van der Waals surface area (Å²) in [7, 11) is 0. The van der Waals surface area contributed by atoms with Crippen LogP contribution in [0.3, 0.4) is 0 Å². The molecule has 4 rings (SSSR count). The second-order valence-electron chi connectivity index (χ2n) is 6.67. The molecular weight excluding hydrogens is 330 g/mol. The molecule has 0 aliphatic carbocycles. The van der Waals surface area contributed by atoms with Crippen molar-refractivity contribution in [3.8, 4) is 11.5 Å². The molecule has 136 valence electrons. The predicted octanol–water partition coefficient (Wildman–Crippen LogP) is 2.66. The molecule has 1 aliphatic heterocycles. The van der Waals surface area contributed by atoms with Crippen LogP contribution in [0.4, 0.5) is 0 Å². The number of aryl methyl sites for hydroxylation is 2. The van der Waals surface area contributed by atoms with Gasteiger partial charge in [0.2, 0.25) is 11.8 Å². The number of rotatable bonds is 5. The Balaban J connectivity index is 1.34. The molecule has 3 aromatic rings. The van der Waals surface area contributed by atoms with Gasteiger partial charge in [0.25, 0.3) is 0 Å². The highest BCUT2D eigenvalue weighted by Gasteiger charge is 2.21. The first-order valence-corrected chi connectivity index (χ1v) is 8.93. The molecule has 0 radical (unpaired) electrons. The minimum absolute atomic E-state index is 0.620. The van der Waals surface area contributed by atoms with Crippen molar-refractivity contribution in [1.82, 2.24) is 24.9 Å². The van der Waals surface area contributed by atoms with Gasteiger partial charge in [0, 0.05) is 45.2 Å². The Hall–Kier alpha value is -2.51. The predicted molar refractivity (Wildman–Crippen MR) is 96.3 cm³/mol. The highest BCUT2D eigenvalue weighted by atomic mass is 16.5. The van der Waals surface area contributed by atoms with Gasteiger partial charge in [-0.2, -0.15) is 4.98 Å². The maximum absolute atomic E-state index is 5.87. The molecule has 3 heterocycles. The van der Waals surface area contributed by atoms with E-state index in [1.165, 1.54) is 0 Å². The van der Waals surface area contributed by atoms with E-state index in [9.17, 15) is 0 Å². The van der Waals surface area contributed by atoms with Crippen LogP contribution in [0.5, 0.6) is 0 Å². The van der Waals surface area contributed by atoms with Crippen LogP contribution in [0, 0.1) is 13.8 Å². The van der Waals surface area contributed by atoms with Crippen LogP contribution in [-0.4, -0.2) is 51.1 Å². The summed E-state index contributed by atoms with van der Waals surface area (Å²) in [5.74, 6) is 2.97. The monoisotopic (exact) mass is 353 g/mol. The van der Waals surface area contributed by atoms with E-state index in [2.05, 4.69) is 19.9 Å². The average molecular weight is 353 g/mol. The van der Waals surface area contributed by atoms with E-state index in [1.54, 1.807) is 0 Å². The van der Waals surface area contributed by atoms with E-state index in [0.29, 0.717) is 11.8 Å². The van der Waals surface area contributed by atoms with Crippen molar-refractivity contribution in [3.63, 3.8) is 0 Å². The van der Waals surface area contributed by atoms with E-state index in [0.717, 1.165) is 62.1 Å². The van der Waals surface area contributed by atoms with Crippen LogP contribution in [-0.2, 0) is 13.1 Å². The molecule has 0 spiro atoms. The first-order chi connectivity index (χ1) is 12.7. The Bertz CT molecular complexity index is 850. The molecule has 1 aromatic carbocycles. The second kappa shape index (κ2) is 7.39. The zero-order valence-electron chi connectivity index (χ0n) is 15.2. The van der Waals surface area contributed by atoms with Gasteiger partial charge in [0.05, 0.1) is 12.2 Å². The molecular formula is C19H23N5O2. The lowest BCUT2D eigenvalue weighted by atomic mass is 10.2. The van der Waals surface area contributed by atoms with Crippen LogP contribution in [0.15, 0.2) is 39.3 Å². The van der Waals surface area contributed by atoms with E-state index >= 15 is 0 Å². The minimum Gasteiger partial charge on any atom is -0.441 e. The van der Waals surface area contributed by atoms with Crippen molar-refractivity contribution in [3.05, 3.63) is 53.5 Å². The molecule has 1 fully saturated rings. The van der Waals surface area contributed by atoms with Crippen LogP contribution in [0.2, 0.25) is 0 Å². The molecule has 26 heavy (non-hydrogen) atoms. The lowest BCUT2D eigenvalue weighted by Crippen LogP contribution is -2.45. The lowest BCUT2D eigenvalue weighted by Gasteiger charge is -2.33. The molecule has 0 bridgehead atoms. The first-order valence-electron chi connectivity index (χ1n) is 8.93. The number of hydrogen-bond donors (Lipinski definition) is 0. The molecule has 1 aliphatic rings. The molecule has 1 saturated heterocycles. The molecule has 0 unspecified atom stereocenters. The highest BCUT2D eigenvalue weighted by Crippen LogP contribution is 2.22. The summed E-state index contributed by atoms with van der Waals surface area (Å²) >= 11 is 0. The number of piperazine rings is 1. The molecule has 0 atom stereocenters. The number of nitrogens with zero attached hydrogens (tertiary/aromatic N) is 5. The molecule has 0 N–H and O–H groups in total. The van der Waals surface area contributed by atoms with Gasteiger partial charge in [-0.25, -0.2) is 4.98 Å². The summed E-state index contributed by atoms with van der Waals surface area (Å²) in [5, 5.41) is 3.98. The second-order valence-corrected chi connectivity index (χ2v) is 6.67. The Morgan fingerprint density at radius 1 is 0.923 bits per heavy atom. The van der Waals surface area contributed by atoms with Gasteiger partial charge >= 0.3 is 0 Å². The van der Waals surface area contributed by atoms with E-state index in [-0.39, 0.29) is 0 Å². The molecule has 7 nitrogen and oxygen atoms in total. The largest absolute Gasteiger partial charge is 0.441 e. The van der Waals surface area contributed by atoms with Gasteiger partial charge in [-0.15, -0.1) is 0 Å². The number of oxazole rings is 1. The van der Waals surface area contributed by atoms with Crippen molar-refractivity contribution in [2.24, 2.45) is 0 Å². The average Bonchev–Trinajstić information content (AvgIpc) is 3.23. The summed E-state index contributed by atoms with van der Waals surface area (Å²) < 4.78 is 10.9. The zero-order chi connectivity index (χ0) is 17.9. The Kier molecular flexibility index (Phi) is 4.81. The Morgan fingerprint density at radius 3 is 2.27 bits per heavy atom. The number of hydrogen-bond acceptors (Lipinski definition) is 7. The maximum atomic E-state index is 5.87. The fourth-order valence-corrected chi connectivity index (χ4v) is 3.20. The quantitative estimate of drug-likeness (QED) is 0.698. The molecule has 0 amide bonds. The van der Waals surface area contributed by atoms with Gasteiger partial charge in [-0.1, -0.05) is 23.4 Å². The van der Waals surface area contributed by atoms with Gasteiger partial charge < -0.3 is 8.94 Å². The summed E-state index contributed by atoms with van der Waals surface area (Å²) in [6.07, 6.45) is 0. The summed E-state index contributed by atoms with van der Waals surface area (Å²) in [4.78, 5) is 13.8. The fraction of sp³-hybridized carbons (Fsp3) is 0.421. The standard InChI is InChI=1S/C19H23N5O2/c1-14-17(21-19(25-14)16-6-4-3-5-7-16)12-23-8-10-24(11-9-23)13-18-20-15(2)26-22-18/h3-7H,8-13H2,1-2H3. The fourth-order valence-electron chi connectivity index (χ4n) is 3.20. The summed E-state index contributed by atoms with van der Waals surface area (Å²) in [6, 6.07) is 10.0. The first kappa shape index (κ1) is 16.9. The number of benzene rings is 1. The van der Waals surface area contributed by atoms with Crippen molar-refractivity contribution in [2.45, 2.75) is 26.9 Å². The van der Waals surface area contributed by atoms with Gasteiger partial charge in [0.1, 0.15) is 5.76 Å². The van der Waals surface area contributed by atoms with Crippen molar-refractivity contribution in [1.29, 1.82) is 0 Å². The van der Waals surface area contributed by atoms with E-state index in [1.807, 2.05) is 44.2 Å². The van der Waals surface area contributed by atoms with Crippen molar-refractivity contribution in [2.75, 3.05) is 26.2 Å². The van der Waals surface area contributed by atoms with Gasteiger partial charge in [0.15, 0.2) is 5.82 Å². The third-order valence-corrected chi connectivity index (χ3v) is 4.69. The molecule has 7 heteroatoms. The molecule has 0 saturated carbocycles. The highest BCUT2D eigenvalue weighted by molar-refractivity contribution is 5.53. The van der Waals surface area contributed by atoms with Crippen molar-refractivity contribution < 1.29 is 8.94 Å². The lowest BCUT2D eigenvalue weighted by molar-refractivity contribution is 0.118.